The molecule has 9 nitrogen and oxygen atoms in total. The molecule has 0 radical (unpaired) electrons. The molecule has 1 aliphatic rings. The summed E-state index contributed by atoms with van der Waals surface area (Å²) in [6.45, 7) is 4.04. The van der Waals surface area contributed by atoms with Gasteiger partial charge in [0.1, 0.15) is 11.5 Å². The summed E-state index contributed by atoms with van der Waals surface area (Å²) < 4.78 is 11.4. The van der Waals surface area contributed by atoms with Crippen LogP contribution in [0.3, 0.4) is 0 Å². The van der Waals surface area contributed by atoms with Gasteiger partial charge in [-0.3, -0.25) is 9.69 Å². The number of carbonyl (C=O) groups excluding carboxylic acids is 1. The second-order valence-corrected chi connectivity index (χ2v) is 7.73. The zero-order chi connectivity index (χ0) is 23.7. The van der Waals surface area contributed by atoms with E-state index in [2.05, 4.69) is 33.0 Å². The van der Waals surface area contributed by atoms with Crippen molar-refractivity contribution in [2.24, 2.45) is 0 Å². The molecule has 10 heteroatoms. The monoisotopic (exact) mass is 508 g/mol. The van der Waals surface area contributed by atoms with Crippen molar-refractivity contribution in [2.75, 3.05) is 40.4 Å². The molecule has 0 atom stereocenters. The number of halogens is 1. The van der Waals surface area contributed by atoms with Crippen LogP contribution in [0.25, 0.3) is 0 Å². The molecule has 2 aromatic carbocycles. The first-order valence-electron chi connectivity index (χ1n) is 9.69. The lowest BCUT2D eigenvalue weighted by atomic mass is 10.1. The minimum Gasteiger partial charge on any atom is -0.497 e. The van der Waals surface area contributed by atoms with E-state index in [0.29, 0.717) is 11.3 Å². The minimum absolute atomic E-state index is 0.0655. The highest BCUT2D eigenvalue weighted by Gasteiger charge is 2.22. The first-order chi connectivity index (χ1) is 15.2. The summed E-state index contributed by atoms with van der Waals surface area (Å²) in [6.07, 6.45) is 0. The molecular weight excluding hydrogens is 484 g/mol. The number of amides is 1. The molecule has 172 valence electrons. The molecule has 0 aliphatic carbocycles. The van der Waals surface area contributed by atoms with Gasteiger partial charge < -0.3 is 24.6 Å². The van der Waals surface area contributed by atoms with Crippen LogP contribution in [-0.2, 0) is 16.1 Å². The van der Waals surface area contributed by atoms with Crippen molar-refractivity contribution in [3.8, 4) is 11.5 Å². The number of hydrogen-bond donors (Lipinski definition) is 2. The van der Waals surface area contributed by atoms with Crippen LogP contribution in [0.15, 0.2) is 46.9 Å². The van der Waals surface area contributed by atoms with Crippen LogP contribution < -0.4 is 9.47 Å². The Kier molecular flexibility index (Phi) is 9.48. The quantitative estimate of drug-likeness (QED) is 0.591. The van der Waals surface area contributed by atoms with Crippen LogP contribution in [0.2, 0.25) is 0 Å². The largest absolute Gasteiger partial charge is 0.497 e. The van der Waals surface area contributed by atoms with Gasteiger partial charge in [0.05, 0.1) is 18.7 Å². The summed E-state index contributed by atoms with van der Waals surface area (Å²) in [5.41, 5.74) is 1.90. The fourth-order valence-electron chi connectivity index (χ4n) is 3.11. The fourth-order valence-corrected chi connectivity index (χ4v) is 3.70. The van der Waals surface area contributed by atoms with Crippen LogP contribution in [-0.4, -0.2) is 78.3 Å². The molecule has 0 saturated carbocycles. The summed E-state index contributed by atoms with van der Waals surface area (Å²) in [4.78, 5) is 35.2. The van der Waals surface area contributed by atoms with Crippen molar-refractivity contribution in [2.45, 2.75) is 6.54 Å². The topological polar surface area (TPSA) is 117 Å². The van der Waals surface area contributed by atoms with Crippen molar-refractivity contribution in [1.82, 2.24) is 9.80 Å². The third-order valence-corrected chi connectivity index (χ3v) is 5.40. The van der Waals surface area contributed by atoms with Crippen molar-refractivity contribution in [1.29, 1.82) is 0 Å². The predicted octanol–water partition coefficient (Wildman–Crippen LogP) is 2.58. The van der Waals surface area contributed by atoms with Crippen LogP contribution >= 0.6 is 15.9 Å². The number of nitrogens with zero attached hydrogens (tertiary/aromatic N) is 2. The van der Waals surface area contributed by atoms with E-state index in [0.717, 1.165) is 42.9 Å². The Morgan fingerprint density at radius 2 is 1.59 bits per heavy atom. The fraction of sp³-hybridized carbons (Fsp3) is 0.318. The smallest absolute Gasteiger partial charge is 0.414 e. The summed E-state index contributed by atoms with van der Waals surface area (Å²) in [7, 11) is 3.28. The number of methoxy groups -OCH3 is 2. The van der Waals surface area contributed by atoms with E-state index in [4.69, 9.17) is 29.3 Å². The number of aliphatic carboxylic acids is 2. The molecule has 1 saturated heterocycles. The van der Waals surface area contributed by atoms with E-state index in [1.165, 1.54) is 5.56 Å². The summed E-state index contributed by atoms with van der Waals surface area (Å²) >= 11 is 3.53. The standard InChI is InChI=1S/C20H23BrN2O3.C2H2O4/c1-25-17-5-3-4-16(13-17)20(24)23-10-8-22(9-11-23)14-15-6-7-19(26-2)18(21)12-15;3-1(4)2(5)6/h3-7,12-13H,8-11,14H2,1-2H3;(H,3,4)(H,5,6). The number of ether oxygens (including phenoxy) is 2. The first kappa shape index (κ1) is 25.2. The van der Waals surface area contributed by atoms with Crippen LogP contribution in [0.4, 0.5) is 0 Å². The highest BCUT2D eigenvalue weighted by molar-refractivity contribution is 9.10. The van der Waals surface area contributed by atoms with Gasteiger partial charge in [-0.1, -0.05) is 12.1 Å². The zero-order valence-corrected chi connectivity index (χ0v) is 19.4. The SMILES string of the molecule is COc1cccc(C(=O)N2CCN(Cc3ccc(OC)c(Br)c3)CC2)c1.O=C(O)C(=O)O. The molecule has 0 unspecified atom stereocenters. The summed E-state index contributed by atoms with van der Waals surface area (Å²) in [6, 6.07) is 13.5. The van der Waals surface area contributed by atoms with Crippen molar-refractivity contribution >= 4 is 33.8 Å². The van der Waals surface area contributed by atoms with Gasteiger partial charge in [-0.25, -0.2) is 9.59 Å². The number of carboxylic acids is 2. The van der Waals surface area contributed by atoms with E-state index >= 15 is 0 Å². The normalized spacial score (nSPS) is 13.5. The molecule has 1 heterocycles. The van der Waals surface area contributed by atoms with E-state index < -0.39 is 11.9 Å². The Hall–Kier alpha value is -3.11. The lowest BCUT2D eigenvalue weighted by Crippen LogP contribution is -2.48. The van der Waals surface area contributed by atoms with Gasteiger partial charge in [0.25, 0.3) is 5.91 Å². The molecule has 0 aromatic heterocycles. The van der Waals surface area contributed by atoms with Gasteiger partial charge in [0, 0.05) is 38.3 Å². The van der Waals surface area contributed by atoms with Gasteiger partial charge >= 0.3 is 11.9 Å². The van der Waals surface area contributed by atoms with Gasteiger partial charge in [-0.15, -0.1) is 0 Å². The van der Waals surface area contributed by atoms with Crippen LogP contribution in [0, 0.1) is 0 Å². The minimum atomic E-state index is -1.82. The Morgan fingerprint density at radius 1 is 0.938 bits per heavy atom. The third kappa shape index (κ3) is 7.24. The van der Waals surface area contributed by atoms with Crippen molar-refractivity contribution in [3.05, 3.63) is 58.1 Å². The lowest BCUT2D eigenvalue weighted by molar-refractivity contribution is -0.159. The van der Waals surface area contributed by atoms with E-state index in [9.17, 15) is 4.79 Å². The number of benzene rings is 2. The maximum Gasteiger partial charge on any atom is 0.414 e. The summed E-state index contributed by atoms with van der Waals surface area (Å²) in [5.74, 6) is -2.04. The lowest BCUT2D eigenvalue weighted by Gasteiger charge is -2.35. The van der Waals surface area contributed by atoms with Gasteiger partial charge in [0.2, 0.25) is 0 Å². The molecule has 0 bridgehead atoms. The Balaban J connectivity index is 0.000000534. The maximum atomic E-state index is 12.7. The predicted molar refractivity (Wildman–Crippen MR) is 120 cm³/mol. The molecule has 2 N–H and O–H groups in total. The van der Waals surface area contributed by atoms with Crippen LogP contribution in [0.5, 0.6) is 11.5 Å². The molecule has 0 spiro atoms. The highest BCUT2D eigenvalue weighted by atomic mass is 79.9. The average Bonchev–Trinajstić information content (AvgIpc) is 2.79. The number of rotatable bonds is 5. The Labute approximate surface area is 194 Å². The molecule has 3 rings (SSSR count). The number of carboxylic acid groups (broad SMARTS) is 2. The highest BCUT2D eigenvalue weighted by Crippen LogP contribution is 2.26. The van der Waals surface area contributed by atoms with Gasteiger partial charge in [-0.05, 0) is 51.8 Å². The van der Waals surface area contributed by atoms with Crippen LogP contribution in [0.1, 0.15) is 15.9 Å². The molecular formula is C22H25BrN2O7. The number of carbonyl (C=O) groups is 3. The van der Waals surface area contributed by atoms with E-state index in [-0.39, 0.29) is 5.91 Å². The summed E-state index contributed by atoms with van der Waals surface area (Å²) in [5, 5.41) is 14.8. The molecule has 1 fully saturated rings. The molecule has 2 aromatic rings. The third-order valence-electron chi connectivity index (χ3n) is 4.78. The second kappa shape index (κ2) is 12.1. The average molecular weight is 509 g/mol. The van der Waals surface area contributed by atoms with Gasteiger partial charge in [-0.2, -0.15) is 0 Å². The van der Waals surface area contributed by atoms with E-state index in [1.54, 1.807) is 20.3 Å². The molecule has 32 heavy (non-hydrogen) atoms. The van der Waals surface area contributed by atoms with E-state index in [1.807, 2.05) is 29.2 Å². The Bertz CT molecular complexity index is 947. The van der Waals surface area contributed by atoms with Gasteiger partial charge in [0.15, 0.2) is 0 Å². The number of piperazine rings is 1. The number of hydrogen-bond acceptors (Lipinski definition) is 6. The zero-order valence-electron chi connectivity index (χ0n) is 17.8. The molecule has 1 aliphatic heterocycles. The molecule has 1 amide bonds. The first-order valence-corrected chi connectivity index (χ1v) is 10.5. The second-order valence-electron chi connectivity index (χ2n) is 6.88. The maximum absolute atomic E-state index is 12.7. The Morgan fingerprint density at radius 3 is 2.12 bits per heavy atom. The van der Waals surface area contributed by atoms with Crippen molar-refractivity contribution < 1.29 is 34.1 Å². The van der Waals surface area contributed by atoms with Crippen molar-refractivity contribution in [3.63, 3.8) is 0 Å².